The van der Waals surface area contributed by atoms with Gasteiger partial charge in [0, 0.05) is 6.54 Å². The Bertz CT molecular complexity index is 684. The van der Waals surface area contributed by atoms with Crippen LogP contribution in [0.5, 0.6) is 0 Å². The van der Waals surface area contributed by atoms with Gasteiger partial charge in [-0.3, -0.25) is 4.79 Å². The van der Waals surface area contributed by atoms with Crippen LogP contribution in [0.3, 0.4) is 0 Å². The Labute approximate surface area is 132 Å². The van der Waals surface area contributed by atoms with Crippen molar-refractivity contribution in [3.63, 3.8) is 0 Å². The summed E-state index contributed by atoms with van der Waals surface area (Å²) in [6.07, 6.45) is 3.92. The maximum absolute atomic E-state index is 12.4. The van der Waals surface area contributed by atoms with E-state index in [9.17, 15) is 14.7 Å². The van der Waals surface area contributed by atoms with E-state index in [1.54, 1.807) is 0 Å². The summed E-state index contributed by atoms with van der Waals surface area (Å²) in [5, 5.41) is 20.2. The molecule has 1 aliphatic rings. The first kappa shape index (κ1) is 15.1. The molecule has 3 rings (SSSR count). The molecular formula is C15H17N5O3. The largest absolute Gasteiger partial charge is 0.480 e. The van der Waals surface area contributed by atoms with Crippen LogP contribution in [-0.2, 0) is 16.0 Å². The van der Waals surface area contributed by atoms with E-state index in [1.165, 1.54) is 15.9 Å². The Morgan fingerprint density at radius 3 is 2.65 bits per heavy atom. The third-order valence-corrected chi connectivity index (χ3v) is 4.01. The lowest BCUT2D eigenvalue weighted by Crippen LogP contribution is -2.48. The summed E-state index contributed by atoms with van der Waals surface area (Å²) in [6, 6.07) is 6.61. The number of tetrazole rings is 1. The number of carbonyl (C=O) groups is 2. The molecule has 0 aliphatic carbocycles. The molecule has 1 unspecified atom stereocenters. The maximum atomic E-state index is 12.4. The van der Waals surface area contributed by atoms with Gasteiger partial charge in [0.15, 0.2) is 0 Å². The van der Waals surface area contributed by atoms with E-state index in [2.05, 4.69) is 15.5 Å². The molecule has 0 radical (unpaired) electrons. The van der Waals surface area contributed by atoms with Gasteiger partial charge in [-0.15, -0.1) is 5.10 Å². The average molecular weight is 315 g/mol. The third kappa shape index (κ3) is 3.36. The van der Waals surface area contributed by atoms with Gasteiger partial charge in [-0.2, -0.15) is 0 Å². The first-order valence-electron chi connectivity index (χ1n) is 7.50. The number of aromatic nitrogens is 4. The van der Waals surface area contributed by atoms with Gasteiger partial charge in [0.05, 0.1) is 12.1 Å². The van der Waals surface area contributed by atoms with Gasteiger partial charge in [-0.1, -0.05) is 12.1 Å². The van der Waals surface area contributed by atoms with E-state index in [-0.39, 0.29) is 12.3 Å². The molecule has 1 N–H and O–H groups in total. The van der Waals surface area contributed by atoms with Crippen LogP contribution in [0, 0.1) is 0 Å². The lowest BCUT2D eigenvalue weighted by atomic mass is 10.0. The minimum atomic E-state index is -0.924. The second-order valence-corrected chi connectivity index (χ2v) is 5.53. The van der Waals surface area contributed by atoms with E-state index >= 15 is 0 Å². The monoisotopic (exact) mass is 315 g/mol. The lowest BCUT2D eigenvalue weighted by Gasteiger charge is -2.33. The van der Waals surface area contributed by atoms with E-state index in [1.807, 2.05) is 24.3 Å². The fourth-order valence-electron chi connectivity index (χ4n) is 2.81. The molecule has 1 amide bonds. The molecule has 120 valence electrons. The molecule has 0 spiro atoms. The average Bonchev–Trinajstić information content (AvgIpc) is 3.10. The van der Waals surface area contributed by atoms with E-state index < -0.39 is 12.0 Å². The summed E-state index contributed by atoms with van der Waals surface area (Å²) in [5.41, 5.74) is 1.63. The van der Waals surface area contributed by atoms with Gasteiger partial charge in [0.25, 0.3) is 0 Å². The number of amides is 1. The molecule has 1 aliphatic heterocycles. The Morgan fingerprint density at radius 2 is 2.00 bits per heavy atom. The first-order valence-corrected chi connectivity index (χ1v) is 7.50. The van der Waals surface area contributed by atoms with Crippen molar-refractivity contribution in [1.29, 1.82) is 0 Å². The van der Waals surface area contributed by atoms with Crippen LogP contribution < -0.4 is 0 Å². The minimum absolute atomic E-state index is 0.146. The van der Waals surface area contributed by atoms with E-state index in [0.29, 0.717) is 13.0 Å². The molecule has 1 fully saturated rings. The Hall–Kier alpha value is -2.77. The zero-order valence-electron chi connectivity index (χ0n) is 12.5. The Morgan fingerprint density at radius 1 is 1.22 bits per heavy atom. The fraction of sp³-hybridized carbons (Fsp3) is 0.400. The molecule has 23 heavy (non-hydrogen) atoms. The van der Waals surface area contributed by atoms with Crippen LogP contribution >= 0.6 is 0 Å². The molecule has 1 saturated heterocycles. The molecule has 0 bridgehead atoms. The third-order valence-electron chi connectivity index (χ3n) is 4.01. The number of carbonyl (C=O) groups excluding carboxylic acids is 1. The normalized spacial score (nSPS) is 17.9. The van der Waals surface area contributed by atoms with Crippen molar-refractivity contribution in [2.75, 3.05) is 6.54 Å². The second-order valence-electron chi connectivity index (χ2n) is 5.53. The van der Waals surface area contributed by atoms with Crippen LogP contribution in [0.1, 0.15) is 24.8 Å². The van der Waals surface area contributed by atoms with Crippen LogP contribution in [0.25, 0.3) is 5.69 Å². The van der Waals surface area contributed by atoms with Gasteiger partial charge in [-0.05, 0) is 47.4 Å². The quantitative estimate of drug-likeness (QED) is 0.890. The van der Waals surface area contributed by atoms with E-state index in [4.69, 9.17) is 0 Å². The summed E-state index contributed by atoms with van der Waals surface area (Å²) in [7, 11) is 0. The van der Waals surface area contributed by atoms with Crippen LogP contribution in [-0.4, -0.2) is 54.7 Å². The van der Waals surface area contributed by atoms with Crippen molar-refractivity contribution in [3.05, 3.63) is 36.2 Å². The molecule has 8 nitrogen and oxygen atoms in total. The summed E-state index contributed by atoms with van der Waals surface area (Å²) >= 11 is 0. The standard InChI is InChI=1S/C15H17N5O3/c21-14(19-8-2-1-3-13(19)15(22)23)9-11-4-6-12(7-5-11)20-10-16-17-18-20/h4-7,10,13H,1-3,8-9H2,(H,22,23). The number of carboxylic acids is 1. The molecule has 0 saturated carbocycles. The fourth-order valence-corrected chi connectivity index (χ4v) is 2.81. The van der Waals surface area contributed by atoms with Gasteiger partial charge in [0.2, 0.25) is 5.91 Å². The van der Waals surface area contributed by atoms with Crippen LogP contribution in [0.15, 0.2) is 30.6 Å². The second kappa shape index (κ2) is 6.55. The van der Waals surface area contributed by atoms with Crippen molar-refractivity contribution in [2.24, 2.45) is 0 Å². The molecule has 1 aromatic carbocycles. The predicted octanol–water partition coefficient (Wildman–Crippen LogP) is 0.670. The number of nitrogens with zero attached hydrogens (tertiary/aromatic N) is 5. The van der Waals surface area contributed by atoms with E-state index in [0.717, 1.165) is 24.1 Å². The Kier molecular flexibility index (Phi) is 4.31. The Balaban J connectivity index is 1.68. The molecule has 1 aromatic heterocycles. The number of carboxylic acid groups (broad SMARTS) is 1. The number of hydrogen-bond acceptors (Lipinski definition) is 5. The summed E-state index contributed by atoms with van der Waals surface area (Å²) in [4.78, 5) is 25.2. The number of benzene rings is 1. The molecule has 2 aromatic rings. The number of rotatable bonds is 4. The number of likely N-dealkylation sites (tertiary alicyclic amines) is 1. The molecule has 2 heterocycles. The van der Waals surface area contributed by atoms with Gasteiger partial charge >= 0.3 is 5.97 Å². The highest BCUT2D eigenvalue weighted by Gasteiger charge is 2.31. The van der Waals surface area contributed by atoms with Crippen molar-refractivity contribution in [3.8, 4) is 5.69 Å². The highest BCUT2D eigenvalue weighted by Crippen LogP contribution is 2.19. The SMILES string of the molecule is O=C(O)C1CCCCN1C(=O)Cc1ccc(-n2cnnn2)cc1. The highest BCUT2D eigenvalue weighted by molar-refractivity contribution is 5.85. The van der Waals surface area contributed by atoms with Gasteiger partial charge in [-0.25, -0.2) is 9.48 Å². The summed E-state index contributed by atoms with van der Waals surface area (Å²) in [6.45, 7) is 0.512. The molecule has 1 atom stereocenters. The van der Waals surface area contributed by atoms with Crippen molar-refractivity contribution in [2.45, 2.75) is 31.7 Å². The molecule has 8 heteroatoms. The number of hydrogen-bond donors (Lipinski definition) is 1. The zero-order chi connectivity index (χ0) is 16.2. The lowest BCUT2D eigenvalue weighted by molar-refractivity contribution is -0.151. The number of piperidine rings is 1. The number of aliphatic carboxylic acids is 1. The highest BCUT2D eigenvalue weighted by atomic mass is 16.4. The summed E-state index contributed by atoms with van der Waals surface area (Å²) < 4.78 is 1.52. The zero-order valence-corrected chi connectivity index (χ0v) is 12.5. The van der Waals surface area contributed by atoms with Gasteiger partial charge in [0.1, 0.15) is 12.4 Å². The topological polar surface area (TPSA) is 101 Å². The maximum Gasteiger partial charge on any atom is 0.326 e. The molecular weight excluding hydrogens is 298 g/mol. The van der Waals surface area contributed by atoms with Crippen molar-refractivity contribution >= 4 is 11.9 Å². The van der Waals surface area contributed by atoms with Gasteiger partial charge < -0.3 is 10.0 Å². The van der Waals surface area contributed by atoms with Crippen LogP contribution in [0.4, 0.5) is 0 Å². The smallest absolute Gasteiger partial charge is 0.326 e. The summed E-state index contributed by atoms with van der Waals surface area (Å²) in [5.74, 6) is -1.07. The predicted molar refractivity (Wildman–Crippen MR) is 79.8 cm³/mol. The van der Waals surface area contributed by atoms with Crippen molar-refractivity contribution in [1.82, 2.24) is 25.1 Å². The van der Waals surface area contributed by atoms with Crippen molar-refractivity contribution < 1.29 is 14.7 Å². The van der Waals surface area contributed by atoms with Crippen LogP contribution in [0.2, 0.25) is 0 Å². The first-order chi connectivity index (χ1) is 11.1. The minimum Gasteiger partial charge on any atom is -0.480 e.